The van der Waals surface area contributed by atoms with Crippen LogP contribution in [0.1, 0.15) is 21.5 Å². The van der Waals surface area contributed by atoms with E-state index in [1.54, 1.807) is 12.1 Å². The molecule has 120 valence electrons. The molecule has 0 aliphatic heterocycles. The summed E-state index contributed by atoms with van der Waals surface area (Å²) in [5, 5.41) is 12.3. The molecule has 5 nitrogen and oxygen atoms in total. The zero-order chi connectivity index (χ0) is 17.0. The lowest BCUT2D eigenvalue weighted by Gasteiger charge is -2.10. The number of aromatic hydroxyl groups is 1. The SMILES string of the molecule is Cc1ccc(NC(=O)COC(=O)c2cc(Br)ccc2O)c(C)c1. The van der Waals surface area contributed by atoms with E-state index in [4.69, 9.17) is 4.74 Å². The summed E-state index contributed by atoms with van der Waals surface area (Å²) in [6, 6.07) is 10.0. The minimum atomic E-state index is -0.764. The fraction of sp³-hybridized carbons (Fsp3) is 0.176. The van der Waals surface area contributed by atoms with Gasteiger partial charge in [-0.1, -0.05) is 33.6 Å². The first kappa shape index (κ1) is 17.0. The molecule has 0 bridgehead atoms. The molecule has 0 saturated heterocycles. The van der Waals surface area contributed by atoms with Gasteiger partial charge < -0.3 is 15.2 Å². The van der Waals surface area contributed by atoms with E-state index in [2.05, 4.69) is 21.2 Å². The fourth-order valence-electron chi connectivity index (χ4n) is 2.02. The Balaban J connectivity index is 1.96. The molecule has 0 atom stereocenters. The summed E-state index contributed by atoms with van der Waals surface area (Å²) < 4.78 is 5.56. The third kappa shape index (κ3) is 4.56. The maximum Gasteiger partial charge on any atom is 0.342 e. The van der Waals surface area contributed by atoms with Crippen LogP contribution in [-0.2, 0) is 9.53 Å². The summed E-state index contributed by atoms with van der Waals surface area (Å²) >= 11 is 3.20. The third-order valence-corrected chi connectivity index (χ3v) is 3.66. The molecule has 2 aromatic rings. The summed E-state index contributed by atoms with van der Waals surface area (Å²) in [6.45, 7) is 3.41. The standard InChI is InChI=1S/C17H16BrNO4/c1-10-3-5-14(11(2)7-10)19-16(21)9-23-17(22)13-8-12(18)4-6-15(13)20/h3-8,20H,9H2,1-2H3,(H,19,21). The predicted molar refractivity (Wildman–Crippen MR) is 90.6 cm³/mol. The van der Waals surface area contributed by atoms with Gasteiger partial charge in [0.1, 0.15) is 11.3 Å². The zero-order valence-electron chi connectivity index (χ0n) is 12.7. The number of halogens is 1. The number of aryl methyl sites for hydroxylation is 2. The van der Waals surface area contributed by atoms with Gasteiger partial charge in [0, 0.05) is 10.2 Å². The highest BCUT2D eigenvalue weighted by atomic mass is 79.9. The number of carbonyl (C=O) groups is 2. The van der Waals surface area contributed by atoms with Crippen LogP contribution in [0.4, 0.5) is 5.69 Å². The molecule has 0 fully saturated rings. The molecule has 0 heterocycles. The Morgan fingerprint density at radius 1 is 1.17 bits per heavy atom. The summed E-state index contributed by atoms with van der Waals surface area (Å²) in [5.41, 5.74) is 2.69. The summed E-state index contributed by atoms with van der Waals surface area (Å²) in [4.78, 5) is 23.8. The lowest BCUT2D eigenvalue weighted by molar-refractivity contribution is -0.119. The number of phenolic OH excluding ortho intramolecular Hbond substituents is 1. The first-order valence-electron chi connectivity index (χ1n) is 6.89. The molecule has 0 unspecified atom stereocenters. The largest absolute Gasteiger partial charge is 0.507 e. The minimum absolute atomic E-state index is 0.00121. The molecule has 2 aromatic carbocycles. The van der Waals surface area contributed by atoms with Crippen molar-refractivity contribution in [2.45, 2.75) is 13.8 Å². The van der Waals surface area contributed by atoms with Gasteiger partial charge in [-0.25, -0.2) is 4.79 Å². The van der Waals surface area contributed by atoms with Gasteiger partial charge in [-0.05, 0) is 43.7 Å². The number of benzene rings is 2. The van der Waals surface area contributed by atoms with Crippen LogP contribution in [0.25, 0.3) is 0 Å². The van der Waals surface area contributed by atoms with Crippen LogP contribution in [-0.4, -0.2) is 23.6 Å². The van der Waals surface area contributed by atoms with E-state index in [0.29, 0.717) is 10.2 Å². The van der Waals surface area contributed by atoms with E-state index >= 15 is 0 Å². The summed E-state index contributed by atoms with van der Waals surface area (Å²) in [6.07, 6.45) is 0. The third-order valence-electron chi connectivity index (χ3n) is 3.17. The van der Waals surface area contributed by atoms with Crippen molar-refractivity contribution in [3.8, 4) is 5.75 Å². The topological polar surface area (TPSA) is 75.6 Å². The van der Waals surface area contributed by atoms with Crippen molar-refractivity contribution in [1.82, 2.24) is 0 Å². The number of amides is 1. The average molecular weight is 378 g/mol. The van der Waals surface area contributed by atoms with Crippen molar-refractivity contribution in [2.75, 3.05) is 11.9 Å². The van der Waals surface area contributed by atoms with Gasteiger partial charge in [-0.2, -0.15) is 0 Å². The molecule has 2 rings (SSSR count). The highest BCUT2D eigenvalue weighted by molar-refractivity contribution is 9.10. The van der Waals surface area contributed by atoms with Crippen LogP contribution in [0.5, 0.6) is 5.75 Å². The van der Waals surface area contributed by atoms with E-state index in [1.165, 1.54) is 12.1 Å². The monoisotopic (exact) mass is 377 g/mol. The Hall–Kier alpha value is -2.34. The lowest BCUT2D eigenvalue weighted by Crippen LogP contribution is -2.21. The Labute approximate surface area is 142 Å². The number of carbonyl (C=O) groups excluding carboxylic acids is 2. The minimum Gasteiger partial charge on any atom is -0.507 e. The molecule has 1 amide bonds. The highest BCUT2D eigenvalue weighted by Crippen LogP contribution is 2.22. The fourth-order valence-corrected chi connectivity index (χ4v) is 2.38. The lowest BCUT2D eigenvalue weighted by atomic mass is 10.1. The van der Waals surface area contributed by atoms with Crippen molar-refractivity contribution in [2.24, 2.45) is 0 Å². The number of phenols is 1. The molecule has 0 aliphatic rings. The molecule has 0 spiro atoms. The number of anilines is 1. The van der Waals surface area contributed by atoms with Crippen LogP contribution in [0.2, 0.25) is 0 Å². The van der Waals surface area contributed by atoms with Gasteiger partial charge in [-0.3, -0.25) is 4.79 Å². The number of ether oxygens (including phenoxy) is 1. The van der Waals surface area contributed by atoms with Crippen molar-refractivity contribution >= 4 is 33.5 Å². The molecular weight excluding hydrogens is 362 g/mol. The first-order chi connectivity index (χ1) is 10.9. The normalized spacial score (nSPS) is 10.2. The number of hydrogen-bond donors (Lipinski definition) is 2. The molecule has 6 heteroatoms. The Morgan fingerprint density at radius 3 is 2.61 bits per heavy atom. The number of nitrogens with one attached hydrogen (secondary N) is 1. The summed E-state index contributed by atoms with van der Waals surface area (Å²) in [5.74, 6) is -1.41. The van der Waals surface area contributed by atoms with E-state index in [0.717, 1.165) is 11.1 Å². The van der Waals surface area contributed by atoms with E-state index in [9.17, 15) is 14.7 Å². The van der Waals surface area contributed by atoms with E-state index in [1.807, 2.05) is 26.0 Å². The van der Waals surface area contributed by atoms with Crippen molar-refractivity contribution < 1.29 is 19.4 Å². The maximum atomic E-state index is 11.9. The number of rotatable bonds is 4. The summed E-state index contributed by atoms with van der Waals surface area (Å²) in [7, 11) is 0. The van der Waals surface area contributed by atoms with Crippen LogP contribution >= 0.6 is 15.9 Å². The Morgan fingerprint density at radius 2 is 1.91 bits per heavy atom. The quantitative estimate of drug-likeness (QED) is 0.798. The van der Waals surface area contributed by atoms with Gasteiger partial charge in [0.05, 0.1) is 0 Å². The van der Waals surface area contributed by atoms with Gasteiger partial charge in [-0.15, -0.1) is 0 Å². The second kappa shape index (κ2) is 7.28. The van der Waals surface area contributed by atoms with Crippen LogP contribution in [0.15, 0.2) is 40.9 Å². The maximum absolute atomic E-state index is 11.9. The predicted octanol–water partition coefficient (Wildman–Crippen LogP) is 3.57. The molecule has 23 heavy (non-hydrogen) atoms. The smallest absolute Gasteiger partial charge is 0.342 e. The second-order valence-electron chi connectivity index (χ2n) is 5.10. The number of esters is 1. The molecule has 0 radical (unpaired) electrons. The molecule has 0 aliphatic carbocycles. The molecule has 2 N–H and O–H groups in total. The van der Waals surface area contributed by atoms with Crippen molar-refractivity contribution in [3.05, 3.63) is 57.6 Å². The van der Waals surface area contributed by atoms with Crippen LogP contribution in [0.3, 0.4) is 0 Å². The number of hydrogen-bond acceptors (Lipinski definition) is 4. The van der Waals surface area contributed by atoms with Gasteiger partial charge in [0.2, 0.25) is 0 Å². The molecule has 0 aromatic heterocycles. The first-order valence-corrected chi connectivity index (χ1v) is 7.69. The second-order valence-corrected chi connectivity index (χ2v) is 6.02. The van der Waals surface area contributed by atoms with Gasteiger partial charge >= 0.3 is 5.97 Å². The van der Waals surface area contributed by atoms with Crippen LogP contribution in [0, 0.1) is 13.8 Å². The van der Waals surface area contributed by atoms with E-state index in [-0.39, 0.29) is 11.3 Å². The molecule has 0 saturated carbocycles. The van der Waals surface area contributed by atoms with Gasteiger partial charge in [0.15, 0.2) is 6.61 Å². The van der Waals surface area contributed by atoms with Crippen molar-refractivity contribution in [3.63, 3.8) is 0 Å². The van der Waals surface area contributed by atoms with Crippen molar-refractivity contribution in [1.29, 1.82) is 0 Å². The zero-order valence-corrected chi connectivity index (χ0v) is 14.3. The van der Waals surface area contributed by atoms with Gasteiger partial charge in [0.25, 0.3) is 5.91 Å². The Bertz CT molecular complexity index is 758. The average Bonchev–Trinajstić information content (AvgIpc) is 2.50. The van der Waals surface area contributed by atoms with E-state index < -0.39 is 18.5 Å². The highest BCUT2D eigenvalue weighted by Gasteiger charge is 2.15. The Kier molecular flexibility index (Phi) is 5.39. The molecular formula is C17H16BrNO4. The van der Waals surface area contributed by atoms with Crippen LogP contribution < -0.4 is 5.32 Å².